The van der Waals surface area contributed by atoms with Gasteiger partial charge in [-0.2, -0.15) is 0 Å². The zero-order chi connectivity index (χ0) is 13.1. The minimum Gasteiger partial charge on any atom is -0.347 e. The lowest BCUT2D eigenvalue weighted by atomic mass is 10.0. The van der Waals surface area contributed by atoms with Crippen LogP contribution in [0.25, 0.3) is 0 Å². The summed E-state index contributed by atoms with van der Waals surface area (Å²) in [5.41, 5.74) is 1.42. The largest absolute Gasteiger partial charge is 0.347 e. The van der Waals surface area contributed by atoms with Crippen molar-refractivity contribution in [2.75, 3.05) is 26.4 Å². The van der Waals surface area contributed by atoms with Crippen LogP contribution in [-0.2, 0) is 4.79 Å². The minimum atomic E-state index is -0.113. The van der Waals surface area contributed by atoms with E-state index in [1.54, 1.807) is 19.0 Å². The Kier molecular flexibility index (Phi) is 4.30. The SMILES string of the molecule is CC(NCC1CSc2ccccc21)C(=O)N(C)C. The number of benzene rings is 1. The number of nitrogens with zero attached hydrogens (tertiary/aromatic N) is 1. The molecule has 0 radical (unpaired) electrons. The van der Waals surface area contributed by atoms with Crippen LogP contribution in [0.1, 0.15) is 18.4 Å². The van der Waals surface area contributed by atoms with Crippen LogP contribution >= 0.6 is 11.8 Å². The van der Waals surface area contributed by atoms with Gasteiger partial charge in [-0.1, -0.05) is 18.2 Å². The molecular weight excluding hydrogens is 244 g/mol. The Morgan fingerprint density at radius 2 is 2.22 bits per heavy atom. The van der Waals surface area contributed by atoms with Crippen LogP contribution in [0.2, 0.25) is 0 Å². The van der Waals surface area contributed by atoms with E-state index >= 15 is 0 Å². The number of hydrogen-bond acceptors (Lipinski definition) is 3. The third-order valence-corrected chi connectivity index (χ3v) is 4.53. The lowest BCUT2D eigenvalue weighted by Gasteiger charge is -2.20. The summed E-state index contributed by atoms with van der Waals surface area (Å²) >= 11 is 1.91. The van der Waals surface area contributed by atoms with Gasteiger partial charge in [0.2, 0.25) is 5.91 Å². The third-order valence-electron chi connectivity index (χ3n) is 3.28. The summed E-state index contributed by atoms with van der Waals surface area (Å²) in [5.74, 6) is 1.76. The summed E-state index contributed by atoms with van der Waals surface area (Å²) in [7, 11) is 3.59. The Balaban J connectivity index is 1.91. The van der Waals surface area contributed by atoms with E-state index in [0.29, 0.717) is 5.92 Å². The molecule has 2 atom stereocenters. The van der Waals surface area contributed by atoms with Crippen LogP contribution in [0.3, 0.4) is 0 Å². The molecule has 0 fully saturated rings. The van der Waals surface area contributed by atoms with Crippen molar-refractivity contribution < 1.29 is 4.79 Å². The van der Waals surface area contributed by atoms with E-state index in [4.69, 9.17) is 0 Å². The predicted octanol–water partition coefficient (Wildman–Crippen LogP) is 1.94. The van der Waals surface area contributed by atoms with Crippen molar-refractivity contribution in [3.63, 3.8) is 0 Å². The number of amides is 1. The van der Waals surface area contributed by atoms with Gasteiger partial charge in [0.1, 0.15) is 0 Å². The first-order valence-corrected chi connectivity index (χ1v) is 7.24. The maximum absolute atomic E-state index is 11.8. The van der Waals surface area contributed by atoms with Crippen molar-refractivity contribution in [1.82, 2.24) is 10.2 Å². The fourth-order valence-electron chi connectivity index (χ4n) is 2.19. The van der Waals surface area contributed by atoms with Crippen LogP contribution in [-0.4, -0.2) is 43.2 Å². The lowest BCUT2D eigenvalue weighted by Crippen LogP contribution is -2.42. The first-order chi connectivity index (χ1) is 8.59. The van der Waals surface area contributed by atoms with E-state index in [-0.39, 0.29) is 11.9 Å². The van der Waals surface area contributed by atoms with Crippen molar-refractivity contribution in [2.45, 2.75) is 23.8 Å². The molecule has 0 saturated carbocycles. The maximum atomic E-state index is 11.8. The molecule has 98 valence electrons. The number of carbonyl (C=O) groups excluding carboxylic acids is 1. The average Bonchev–Trinajstić information content (AvgIpc) is 2.78. The fraction of sp³-hybridized carbons (Fsp3) is 0.500. The van der Waals surface area contributed by atoms with Gasteiger partial charge in [-0.25, -0.2) is 0 Å². The smallest absolute Gasteiger partial charge is 0.238 e. The third kappa shape index (κ3) is 2.87. The molecule has 1 N–H and O–H groups in total. The molecule has 4 heteroatoms. The first-order valence-electron chi connectivity index (χ1n) is 6.26. The molecule has 1 aliphatic heterocycles. The summed E-state index contributed by atoms with van der Waals surface area (Å²) < 4.78 is 0. The Bertz CT molecular complexity index is 434. The number of hydrogen-bond donors (Lipinski definition) is 1. The number of nitrogens with one attached hydrogen (secondary N) is 1. The van der Waals surface area contributed by atoms with Gasteiger partial charge in [-0.05, 0) is 18.6 Å². The molecule has 1 heterocycles. The van der Waals surface area contributed by atoms with Crippen molar-refractivity contribution in [3.8, 4) is 0 Å². The number of likely N-dealkylation sites (N-methyl/N-ethyl adjacent to an activating group) is 1. The quantitative estimate of drug-likeness (QED) is 0.902. The topological polar surface area (TPSA) is 32.3 Å². The van der Waals surface area contributed by atoms with Crippen molar-refractivity contribution in [3.05, 3.63) is 29.8 Å². The minimum absolute atomic E-state index is 0.113. The molecule has 0 aliphatic carbocycles. The molecule has 1 aliphatic rings. The van der Waals surface area contributed by atoms with Gasteiger partial charge in [0, 0.05) is 37.2 Å². The summed E-state index contributed by atoms with van der Waals surface area (Å²) in [6, 6.07) is 8.43. The second kappa shape index (κ2) is 5.76. The Hall–Kier alpha value is -1.00. The second-order valence-corrected chi connectivity index (χ2v) is 5.97. The predicted molar refractivity (Wildman–Crippen MR) is 76.1 cm³/mol. The highest BCUT2D eigenvalue weighted by molar-refractivity contribution is 7.99. The molecule has 0 saturated heterocycles. The van der Waals surface area contributed by atoms with Crippen LogP contribution in [0.15, 0.2) is 29.2 Å². The number of rotatable bonds is 4. The molecule has 1 aromatic carbocycles. The van der Waals surface area contributed by atoms with Gasteiger partial charge in [0.05, 0.1) is 6.04 Å². The molecule has 1 aromatic rings. The summed E-state index contributed by atoms with van der Waals surface area (Å²) in [6.45, 7) is 2.79. The molecule has 1 amide bonds. The van der Waals surface area contributed by atoms with Gasteiger partial charge in [0.15, 0.2) is 0 Å². The van der Waals surface area contributed by atoms with Crippen LogP contribution < -0.4 is 5.32 Å². The molecule has 3 nitrogen and oxygen atoms in total. The zero-order valence-electron chi connectivity index (χ0n) is 11.1. The van der Waals surface area contributed by atoms with Gasteiger partial charge in [0.25, 0.3) is 0 Å². The second-order valence-electron chi connectivity index (χ2n) is 4.91. The lowest BCUT2D eigenvalue weighted by molar-refractivity contribution is -0.130. The summed E-state index contributed by atoms with van der Waals surface area (Å²) in [6.07, 6.45) is 0. The van der Waals surface area contributed by atoms with Crippen molar-refractivity contribution in [2.24, 2.45) is 0 Å². The summed E-state index contributed by atoms with van der Waals surface area (Å²) in [5, 5.41) is 3.34. The number of thioether (sulfide) groups is 1. The van der Waals surface area contributed by atoms with E-state index in [2.05, 4.69) is 29.6 Å². The van der Waals surface area contributed by atoms with Gasteiger partial charge >= 0.3 is 0 Å². The molecule has 2 rings (SSSR count). The van der Waals surface area contributed by atoms with Crippen LogP contribution in [0.5, 0.6) is 0 Å². The van der Waals surface area contributed by atoms with Crippen LogP contribution in [0, 0.1) is 0 Å². The van der Waals surface area contributed by atoms with Gasteiger partial charge in [-0.3, -0.25) is 4.79 Å². The molecule has 18 heavy (non-hydrogen) atoms. The molecule has 2 unspecified atom stereocenters. The number of fused-ring (bicyclic) bond motifs is 1. The van der Waals surface area contributed by atoms with E-state index in [9.17, 15) is 4.79 Å². The highest BCUT2D eigenvalue weighted by Crippen LogP contribution is 2.38. The molecule has 0 aromatic heterocycles. The highest BCUT2D eigenvalue weighted by Gasteiger charge is 2.24. The van der Waals surface area contributed by atoms with E-state index in [1.165, 1.54) is 10.5 Å². The molecule has 0 spiro atoms. The molecule has 0 bridgehead atoms. The van der Waals surface area contributed by atoms with E-state index in [0.717, 1.165) is 12.3 Å². The standard InChI is InChI=1S/C14H20N2OS/c1-10(14(17)16(2)3)15-8-11-9-18-13-7-5-4-6-12(11)13/h4-7,10-11,15H,8-9H2,1-3H3. The van der Waals surface area contributed by atoms with Crippen molar-refractivity contribution in [1.29, 1.82) is 0 Å². The zero-order valence-corrected chi connectivity index (χ0v) is 12.0. The normalized spacial score (nSPS) is 19.4. The fourth-order valence-corrected chi connectivity index (χ4v) is 3.45. The Morgan fingerprint density at radius 1 is 1.50 bits per heavy atom. The van der Waals surface area contributed by atoms with E-state index in [1.807, 2.05) is 18.7 Å². The maximum Gasteiger partial charge on any atom is 0.238 e. The van der Waals surface area contributed by atoms with Gasteiger partial charge < -0.3 is 10.2 Å². The molecular formula is C14H20N2OS. The van der Waals surface area contributed by atoms with E-state index < -0.39 is 0 Å². The van der Waals surface area contributed by atoms with Crippen molar-refractivity contribution >= 4 is 17.7 Å². The average molecular weight is 264 g/mol. The summed E-state index contributed by atoms with van der Waals surface area (Å²) in [4.78, 5) is 14.8. The Labute approximate surface area is 113 Å². The number of carbonyl (C=O) groups is 1. The Morgan fingerprint density at radius 3 is 2.94 bits per heavy atom. The van der Waals surface area contributed by atoms with Crippen LogP contribution in [0.4, 0.5) is 0 Å². The monoisotopic (exact) mass is 264 g/mol. The first kappa shape index (κ1) is 13.4. The van der Waals surface area contributed by atoms with Gasteiger partial charge in [-0.15, -0.1) is 11.8 Å². The highest BCUT2D eigenvalue weighted by atomic mass is 32.2.